The minimum atomic E-state index is 0.0495. The van der Waals surface area contributed by atoms with Crippen LogP contribution in [-0.2, 0) is 6.42 Å². The van der Waals surface area contributed by atoms with Gasteiger partial charge in [-0.05, 0) is 5.92 Å². The summed E-state index contributed by atoms with van der Waals surface area (Å²) in [6.07, 6.45) is 2.57. The lowest BCUT2D eigenvalue weighted by molar-refractivity contribution is 0.254. The van der Waals surface area contributed by atoms with Crippen LogP contribution < -0.4 is 0 Å². The van der Waals surface area contributed by atoms with Crippen LogP contribution in [-0.4, -0.2) is 16.7 Å². The fraction of sp³-hybridized carbons (Fsp3) is 0.700. The fourth-order valence-electron chi connectivity index (χ4n) is 1.09. The molecule has 1 atom stereocenters. The number of aliphatic hydroxyl groups excluding tert-OH is 1. The highest BCUT2D eigenvalue weighted by atomic mass is 16.4. The van der Waals surface area contributed by atoms with E-state index < -0.39 is 0 Å². The summed E-state index contributed by atoms with van der Waals surface area (Å²) in [5.41, 5.74) is 0. The molecule has 0 aliphatic carbocycles. The number of hydrogen-bond donors (Lipinski definition) is 1. The van der Waals surface area contributed by atoms with Crippen molar-refractivity contribution in [3.63, 3.8) is 0 Å². The standard InChI is InChI=1S/C10H17NO2/c1-7(2)4-10-11-5-9(13-10)8(3)6-12/h5,7-8,12H,4,6H2,1-3H3. The van der Waals surface area contributed by atoms with Crippen LogP contribution in [0.2, 0.25) is 0 Å². The molecule has 1 N–H and O–H groups in total. The molecule has 0 amide bonds. The zero-order valence-electron chi connectivity index (χ0n) is 8.45. The molecule has 1 rings (SSSR count). The molecule has 0 aliphatic rings. The van der Waals surface area contributed by atoms with Crippen molar-refractivity contribution in [1.82, 2.24) is 4.98 Å². The topological polar surface area (TPSA) is 46.3 Å². The Morgan fingerprint density at radius 3 is 2.69 bits per heavy atom. The van der Waals surface area contributed by atoms with Gasteiger partial charge in [-0.2, -0.15) is 0 Å². The molecule has 0 saturated heterocycles. The zero-order chi connectivity index (χ0) is 9.84. The third-order valence-electron chi connectivity index (χ3n) is 1.91. The molecule has 0 radical (unpaired) electrons. The molecule has 3 heteroatoms. The van der Waals surface area contributed by atoms with Gasteiger partial charge in [0.2, 0.25) is 0 Å². The molecule has 0 saturated carbocycles. The Morgan fingerprint density at radius 2 is 2.15 bits per heavy atom. The van der Waals surface area contributed by atoms with Gasteiger partial charge in [0.15, 0.2) is 5.89 Å². The van der Waals surface area contributed by atoms with E-state index in [9.17, 15) is 0 Å². The lowest BCUT2D eigenvalue weighted by Crippen LogP contribution is -1.96. The molecule has 1 unspecified atom stereocenters. The molecular formula is C10H17NO2. The van der Waals surface area contributed by atoms with Crippen molar-refractivity contribution >= 4 is 0 Å². The maximum atomic E-state index is 8.89. The molecule has 0 aliphatic heterocycles. The van der Waals surface area contributed by atoms with Crippen molar-refractivity contribution < 1.29 is 9.52 Å². The molecule has 0 fully saturated rings. The second-order valence-corrected chi connectivity index (χ2v) is 3.84. The molecular weight excluding hydrogens is 166 g/mol. The number of oxazole rings is 1. The van der Waals surface area contributed by atoms with E-state index in [4.69, 9.17) is 9.52 Å². The summed E-state index contributed by atoms with van der Waals surface area (Å²) in [5, 5.41) is 8.89. The summed E-state index contributed by atoms with van der Waals surface area (Å²) < 4.78 is 5.48. The van der Waals surface area contributed by atoms with Crippen LogP contribution in [0.3, 0.4) is 0 Å². The van der Waals surface area contributed by atoms with E-state index >= 15 is 0 Å². The highest BCUT2D eigenvalue weighted by Crippen LogP contribution is 2.16. The molecule has 1 aromatic heterocycles. The van der Waals surface area contributed by atoms with Crippen molar-refractivity contribution in [2.24, 2.45) is 5.92 Å². The molecule has 1 aromatic rings. The summed E-state index contributed by atoms with van der Waals surface area (Å²) in [5.74, 6) is 2.15. The lowest BCUT2D eigenvalue weighted by atomic mass is 10.1. The zero-order valence-corrected chi connectivity index (χ0v) is 8.45. The van der Waals surface area contributed by atoms with Crippen molar-refractivity contribution in [2.45, 2.75) is 33.1 Å². The monoisotopic (exact) mass is 183 g/mol. The molecule has 1 heterocycles. The maximum Gasteiger partial charge on any atom is 0.194 e. The summed E-state index contributed by atoms with van der Waals surface area (Å²) in [6.45, 7) is 6.27. The smallest absolute Gasteiger partial charge is 0.194 e. The van der Waals surface area contributed by atoms with Crippen LogP contribution >= 0.6 is 0 Å². The highest BCUT2D eigenvalue weighted by Gasteiger charge is 2.11. The van der Waals surface area contributed by atoms with Gasteiger partial charge in [-0.25, -0.2) is 4.98 Å². The maximum absolute atomic E-state index is 8.89. The first-order chi connectivity index (χ1) is 6.13. The van der Waals surface area contributed by atoms with Crippen LogP contribution in [0, 0.1) is 5.92 Å². The first-order valence-corrected chi connectivity index (χ1v) is 4.69. The minimum Gasteiger partial charge on any atom is -0.445 e. The summed E-state index contributed by atoms with van der Waals surface area (Å²) in [7, 11) is 0. The fourth-order valence-corrected chi connectivity index (χ4v) is 1.09. The Balaban J connectivity index is 2.63. The Bertz CT molecular complexity index is 255. The Labute approximate surface area is 78.8 Å². The van der Waals surface area contributed by atoms with Gasteiger partial charge >= 0.3 is 0 Å². The highest BCUT2D eigenvalue weighted by molar-refractivity contribution is 5.00. The average Bonchev–Trinajstić information content (AvgIpc) is 2.50. The van der Waals surface area contributed by atoms with Crippen molar-refractivity contribution in [1.29, 1.82) is 0 Å². The van der Waals surface area contributed by atoms with Crippen LogP contribution in [0.25, 0.3) is 0 Å². The summed E-state index contributed by atoms with van der Waals surface area (Å²) in [6, 6.07) is 0. The van der Waals surface area contributed by atoms with Gasteiger partial charge in [0.1, 0.15) is 5.76 Å². The largest absolute Gasteiger partial charge is 0.445 e. The number of rotatable bonds is 4. The lowest BCUT2D eigenvalue weighted by Gasteiger charge is -2.02. The molecule has 0 aromatic carbocycles. The third kappa shape index (κ3) is 2.84. The van der Waals surface area contributed by atoms with Gasteiger partial charge in [0, 0.05) is 12.3 Å². The van der Waals surface area contributed by atoms with Gasteiger partial charge in [-0.1, -0.05) is 20.8 Å². The Morgan fingerprint density at radius 1 is 1.46 bits per heavy atom. The van der Waals surface area contributed by atoms with Crippen molar-refractivity contribution in [3.05, 3.63) is 17.8 Å². The Hall–Kier alpha value is -0.830. The van der Waals surface area contributed by atoms with Crippen LogP contribution in [0.5, 0.6) is 0 Å². The number of aromatic nitrogens is 1. The first kappa shape index (κ1) is 10.3. The van der Waals surface area contributed by atoms with Gasteiger partial charge in [0.25, 0.3) is 0 Å². The van der Waals surface area contributed by atoms with E-state index in [-0.39, 0.29) is 12.5 Å². The summed E-state index contributed by atoms with van der Waals surface area (Å²) >= 11 is 0. The van der Waals surface area contributed by atoms with E-state index in [0.29, 0.717) is 5.92 Å². The average molecular weight is 183 g/mol. The summed E-state index contributed by atoms with van der Waals surface area (Å²) in [4.78, 5) is 4.15. The molecule has 74 valence electrons. The van der Waals surface area contributed by atoms with E-state index in [1.54, 1.807) is 6.20 Å². The van der Waals surface area contributed by atoms with Gasteiger partial charge in [-0.15, -0.1) is 0 Å². The number of hydrogen-bond acceptors (Lipinski definition) is 3. The molecule has 0 spiro atoms. The van der Waals surface area contributed by atoms with Gasteiger partial charge in [0.05, 0.1) is 12.8 Å². The molecule has 13 heavy (non-hydrogen) atoms. The van der Waals surface area contributed by atoms with E-state index in [1.807, 2.05) is 6.92 Å². The molecule has 3 nitrogen and oxygen atoms in total. The van der Waals surface area contributed by atoms with Crippen molar-refractivity contribution in [2.75, 3.05) is 6.61 Å². The van der Waals surface area contributed by atoms with Crippen LogP contribution in [0.4, 0.5) is 0 Å². The predicted molar refractivity (Wildman–Crippen MR) is 50.5 cm³/mol. The third-order valence-corrected chi connectivity index (χ3v) is 1.91. The van der Waals surface area contributed by atoms with Crippen LogP contribution in [0.15, 0.2) is 10.6 Å². The second kappa shape index (κ2) is 4.42. The first-order valence-electron chi connectivity index (χ1n) is 4.69. The van der Waals surface area contributed by atoms with E-state index in [2.05, 4.69) is 18.8 Å². The Kier molecular flexibility index (Phi) is 3.48. The SMILES string of the molecule is CC(C)Cc1ncc(C(C)CO)o1. The van der Waals surface area contributed by atoms with Crippen molar-refractivity contribution in [3.8, 4) is 0 Å². The minimum absolute atomic E-state index is 0.0495. The van der Waals surface area contributed by atoms with E-state index in [0.717, 1.165) is 18.1 Å². The number of nitrogens with zero attached hydrogens (tertiary/aromatic N) is 1. The van der Waals surface area contributed by atoms with Gasteiger partial charge in [-0.3, -0.25) is 0 Å². The predicted octanol–water partition coefficient (Wildman–Crippen LogP) is 1.97. The number of aliphatic hydroxyl groups is 1. The quantitative estimate of drug-likeness (QED) is 0.776. The normalized spacial score (nSPS) is 13.6. The van der Waals surface area contributed by atoms with Gasteiger partial charge < -0.3 is 9.52 Å². The van der Waals surface area contributed by atoms with E-state index in [1.165, 1.54) is 0 Å². The van der Waals surface area contributed by atoms with Crippen LogP contribution in [0.1, 0.15) is 38.3 Å². The second-order valence-electron chi connectivity index (χ2n) is 3.84. The molecule has 0 bridgehead atoms.